The number of piperazine rings is 1. The largest absolute Gasteiger partial charge is 0.340 e. The van der Waals surface area contributed by atoms with Crippen LogP contribution in [0.1, 0.15) is 30.0 Å². The van der Waals surface area contributed by atoms with Gasteiger partial charge in [0.2, 0.25) is 5.91 Å². The Balaban J connectivity index is 0.964. The second kappa shape index (κ2) is 9.80. The van der Waals surface area contributed by atoms with E-state index in [9.17, 15) is 4.79 Å². The number of carbonyl (C=O) groups excluding carboxylic acids is 1. The zero-order valence-electron chi connectivity index (χ0n) is 20.2. The molecule has 2 saturated heterocycles. The number of amides is 1. The molecule has 35 heavy (non-hydrogen) atoms. The molecule has 3 aliphatic rings. The van der Waals surface area contributed by atoms with Crippen molar-refractivity contribution in [2.45, 2.75) is 32.4 Å². The molecule has 4 heterocycles. The number of piperidine rings is 1. The van der Waals surface area contributed by atoms with Crippen LogP contribution in [0.2, 0.25) is 0 Å². The molecule has 2 aliphatic heterocycles. The van der Waals surface area contributed by atoms with Crippen LogP contribution in [0, 0.1) is 11.3 Å². The van der Waals surface area contributed by atoms with Gasteiger partial charge in [-0.2, -0.15) is 0 Å². The van der Waals surface area contributed by atoms with Crippen molar-refractivity contribution < 1.29 is 4.79 Å². The van der Waals surface area contributed by atoms with Crippen LogP contribution in [0.25, 0.3) is 11.3 Å². The molecule has 6 nitrogen and oxygen atoms in total. The average molecular weight is 488 g/mol. The predicted molar refractivity (Wildman–Crippen MR) is 139 cm³/mol. The standard InChI is InChI=1S/C28H33N5OS/c34-27(33-16-14-32(15-17-33)19-23-8-4-5-11-29-23)24-18-28(24)9-12-31(13-10-28)20-26-30-25(21-35-26)22-6-2-1-3-7-22/h1-8,11,21,24H,9-10,12-20H2. The summed E-state index contributed by atoms with van der Waals surface area (Å²) in [4.78, 5) is 29.7. The summed E-state index contributed by atoms with van der Waals surface area (Å²) in [7, 11) is 0. The van der Waals surface area contributed by atoms with Gasteiger partial charge in [-0.05, 0) is 49.9 Å². The number of aromatic nitrogens is 2. The van der Waals surface area contributed by atoms with Crippen LogP contribution >= 0.6 is 11.3 Å². The highest BCUT2D eigenvalue weighted by molar-refractivity contribution is 7.09. The lowest BCUT2D eigenvalue weighted by molar-refractivity contribution is -0.135. The third-order valence-electron chi connectivity index (χ3n) is 8.12. The number of likely N-dealkylation sites (tertiary alicyclic amines) is 1. The molecule has 0 bridgehead atoms. The lowest BCUT2D eigenvalue weighted by Crippen LogP contribution is -2.49. The lowest BCUT2D eigenvalue weighted by Gasteiger charge is -2.36. The molecule has 1 spiro atoms. The normalized spacial score (nSPS) is 22.4. The fraction of sp³-hybridized carbons (Fsp3) is 0.464. The first kappa shape index (κ1) is 22.8. The van der Waals surface area contributed by atoms with Gasteiger partial charge in [-0.15, -0.1) is 11.3 Å². The monoisotopic (exact) mass is 487 g/mol. The minimum Gasteiger partial charge on any atom is -0.340 e. The van der Waals surface area contributed by atoms with Crippen molar-refractivity contribution in [1.82, 2.24) is 24.7 Å². The second-order valence-electron chi connectivity index (χ2n) is 10.3. The Kier molecular flexibility index (Phi) is 6.39. The highest BCUT2D eigenvalue weighted by Crippen LogP contribution is 2.60. The maximum Gasteiger partial charge on any atom is 0.226 e. The summed E-state index contributed by atoms with van der Waals surface area (Å²) in [6.07, 6.45) is 5.22. The van der Waals surface area contributed by atoms with Crippen LogP contribution in [0.5, 0.6) is 0 Å². The zero-order chi connectivity index (χ0) is 23.7. The molecule has 6 rings (SSSR count). The Morgan fingerprint density at radius 3 is 2.40 bits per heavy atom. The van der Waals surface area contributed by atoms with E-state index in [2.05, 4.69) is 55.4 Å². The maximum absolute atomic E-state index is 13.3. The summed E-state index contributed by atoms with van der Waals surface area (Å²) < 4.78 is 0. The number of nitrogens with zero attached hydrogens (tertiary/aromatic N) is 5. The van der Waals surface area contributed by atoms with Crippen molar-refractivity contribution >= 4 is 17.2 Å². The van der Waals surface area contributed by atoms with E-state index >= 15 is 0 Å². The van der Waals surface area contributed by atoms with Gasteiger partial charge in [0.1, 0.15) is 5.01 Å². The summed E-state index contributed by atoms with van der Waals surface area (Å²) in [6.45, 7) is 7.51. The first-order valence-electron chi connectivity index (χ1n) is 12.8. The van der Waals surface area contributed by atoms with E-state index in [4.69, 9.17) is 4.98 Å². The summed E-state index contributed by atoms with van der Waals surface area (Å²) in [6, 6.07) is 16.5. The second-order valence-corrected chi connectivity index (χ2v) is 11.3. The first-order chi connectivity index (χ1) is 17.2. The SMILES string of the molecule is O=C(C1CC12CCN(Cc1nc(-c3ccccc3)cs1)CC2)N1CCN(Cc2ccccn2)CC1. The van der Waals surface area contributed by atoms with Gasteiger partial charge in [0.15, 0.2) is 0 Å². The molecule has 1 atom stereocenters. The third kappa shape index (κ3) is 5.03. The Labute approximate surface area is 211 Å². The highest BCUT2D eigenvalue weighted by Gasteiger charge is 2.59. The smallest absolute Gasteiger partial charge is 0.226 e. The van der Waals surface area contributed by atoms with E-state index in [1.54, 1.807) is 11.3 Å². The number of rotatable bonds is 6. The van der Waals surface area contributed by atoms with Crippen LogP contribution in [-0.4, -0.2) is 69.8 Å². The number of benzene rings is 1. The maximum atomic E-state index is 13.3. The van der Waals surface area contributed by atoms with Crippen LogP contribution in [0.3, 0.4) is 0 Å². The van der Waals surface area contributed by atoms with Gasteiger partial charge in [0, 0.05) is 55.8 Å². The van der Waals surface area contributed by atoms with Gasteiger partial charge in [-0.3, -0.25) is 19.6 Å². The van der Waals surface area contributed by atoms with E-state index in [0.29, 0.717) is 5.91 Å². The number of carbonyl (C=O) groups is 1. The molecule has 2 aromatic heterocycles. The topological polar surface area (TPSA) is 52.6 Å². The molecule has 182 valence electrons. The Bertz CT molecular complexity index is 1130. The van der Waals surface area contributed by atoms with E-state index in [1.165, 1.54) is 10.6 Å². The quantitative estimate of drug-likeness (QED) is 0.523. The summed E-state index contributed by atoms with van der Waals surface area (Å²) in [5, 5.41) is 3.36. The van der Waals surface area contributed by atoms with Gasteiger partial charge >= 0.3 is 0 Å². The molecule has 1 aliphatic carbocycles. The van der Waals surface area contributed by atoms with Crippen molar-refractivity contribution in [2.75, 3.05) is 39.3 Å². The highest BCUT2D eigenvalue weighted by atomic mass is 32.1. The van der Waals surface area contributed by atoms with E-state index < -0.39 is 0 Å². The average Bonchev–Trinajstić information content (AvgIpc) is 3.40. The molecule has 3 fully saturated rings. The van der Waals surface area contributed by atoms with E-state index in [-0.39, 0.29) is 11.3 Å². The molecular formula is C28H33N5OS. The van der Waals surface area contributed by atoms with Gasteiger partial charge in [-0.25, -0.2) is 4.98 Å². The molecule has 1 saturated carbocycles. The van der Waals surface area contributed by atoms with Crippen LogP contribution < -0.4 is 0 Å². The lowest BCUT2D eigenvalue weighted by atomic mass is 9.90. The first-order valence-corrected chi connectivity index (χ1v) is 13.7. The van der Waals surface area contributed by atoms with Gasteiger partial charge in [0.25, 0.3) is 0 Å². The van der Waals surface area contributed by atoms with Crippen LogP contribution in [0.15, 0.2) is 60.1 Å². The van der Waals surface area contributed by atoms with Crippen molar-refractivity contribution in [2.24, 2.45) is 11.3 Å². The Morgan fingerprint density at radius 2 is 1.66 bits per heavy atom. The third-order valence-corrected chi connectivity index (χ3v) is 8.95. The number of hydrogen-bond donors (Lipinski definition) is 0. The molecule has 1 unspecified atom stereocenters. The molecular weight excluding hydrogens is 454 g/mol. The van der Waals surface area contributed by atoms with Crippen molar-refractivity contribution in [1.29, 1.82) is 0 Å². The minimum atomic E-state index is 0.247. The van der Waals surface area contributed by atoms with Crippen LogP contribution in [0.4, 0.5) is 0 Å². The van der Waals surface area contributed by atoms with Gasteiger partial charge < -0.3 is 4.90 Å². The van der Waals surface area contributed by atoms with Crippen LogP contribution in [-0.2, 0) is 17.9 Å². The summed E-state index contributed by atoms with van der Waals surface area (Å²) >= 11 is 1.76. The minimum absolute atomic E-state index is 0.247. The zero-order valence-corrected chi connectivity index (χ0v) is 21.0. The summed E-state index contributed by atoms with van der Waals surface area (Å²) in [5.41, 5.74) is 3.63. The number of hydrogen-bond acceptors (Lipinski definition) is 6. The van der Waals surface area contributed by atoms with Crippen molar-refractivity contribution in [3.05, 3.63) is 70.8 Å². The summed E-state index contributed by atoms with van der Waals surface area (Å²) in [5.74, 6) is 0.653. The number of pyridine rings is 1. The van der Waals surface area contributed by atoms with E-state index in [1.807, 2.05) is 24.4 Å². The van der Waals surface area contributed by atoms with Gasteiger partial charge in [0.05, 0.1) is 17.9 Å². The molecule has 0 N–H and O–H groups in total. The Morgan fingerprint density at radius 1 is 0.914 bits per heavy atom. The van der Waals surface area contributed by atoms with Crippen molar-refractivity contribution in [3.63, 3.8) is 0 Å². The fourth-order valence-electron chi connectivity index (χ4n) is 5.79. The predicted octanol–water partition coefficient (Wildman–Crippen LogP) is 4.15. The Hall–Kier alpha value is -2.61. The fourth-order valence-corrected chi connectivity index (χ4v) is 6.63. The molecule has 1 amide bonds. The number of thiazole rings is 1. The molecule has 1 aromatic carbocycles. The molecule has 7 heteroatoms. The van der Waals surface area contributed by atoms with Crippen molar-refractivity contribution in [3.8, 4) is 11.3 Å². The van der Waals surface area contributed by atoms with Gasteiger partial charge in [-0.1, -0.05) is 36.4 Å². The molecule has 0 radical (unpaired) electrons. The molecule has 3 aromatic rings. The van der Waals surface area contributed by atoms with E-state index in [0.717, 1.165) is 83.0 Å².